The summed E-state index contributed by atoms with van der Waals surface area (Å²) >= 11 is 0. The zero-order chi connectivity index (χ0) is 27.2. The van der Waals surface area contributed by atoms with E-state index < -0.39 is 12.1 Å². The van der Waals surface area contributed by atoms with Gasteiger partial charge in [-0.3, -0.25) is 9.59 Å². The van der Waals surface area contributed by atoms with Crippen molar-refractivity contribution in [3.05, 3.63) is 113 Å². The molecule has 1 unspecified atom stereocenters. The van der Waals surface area contributed by atoms with Gasteiger partial charge in [0.25, 0.3) is 0 Å². The predicted octanol–water partition coefficient (Wildman–Crippen LogP) is 3.77. The zero-order valence-electron chi connectivity index (χ0n) is 20.7. The summed E-state index contributed by atoms with van der Waals surface area (Å²) in [5, 5.41) is 27.2. The number of methoxy groups -OCH3 is 2. The van der Waals surface area contributed by atoms with Crippen molar-refractivity contribution in [1.29, 1.82) is 0 Å². The fourth-order valence-electron chi connectivity index (χ4n) is 3.35. The molecule has 3 rings (SSSR count). The highest BCUT2D eigenvalue weighted by Gasteiger charge is 2.18. The lowest BCUT2D eigenvalue weighted by Gasteiger charge is -2.11. The number of ketones is 2. The Labute approximate surface area is 215 Å². The first-order valence-corrected chi connectivity index (χ1v) is 11.4. The second-order valence-corrected chi connectivity index (χ2v) is 7.86. The van der Waals surface area contributed by atoms with Crippen molar-refractivity contribution in [3.8, 4) is 0 Å². The smallest absolute Gasteiger partial charge is 0.375 e. The summed E-state index contributed by atoms with van der Waals surface area (Å²) in [5.74, 6) is -1.66. The first kappa shape index (κ1) is 29.0. The molecule has 8 heteroatoms. The van der Waals surface area contributed by atoms with Crippen LogP contribution in [-0.2, 0) is 20.7 Å². The highest BCUT2D eigenvalue weighted by atomic mass is 16.5. The van der Waals surface area contributed by atoms with E-state index in [1.807, 2.05) is 12.1 Å². The van der Waals surface area contributed by atoms with E-state index in [0.717, 1.165) is 5.56 Å². The van der Waals surface area contributed by atoms with Crippen LogP contribution in [0, 0.1) is 0 Å². The maximum atomic E-state index is 11.8. The fourth-order valence-corrected chi connectivity index (χ4v) is 3.35. The largest absolute Gasteiger partial charge is 0.492 e. The highest BCUT2D eigenvalue weighted by Crippen LogP contribution is 2.21. The summed E-state index contributed by atoms with van der Waals surface area (Å²) in [6, 6.07) is 24.5. The molecule has 1 atom stereocenters. The SMILES string of the molecule is COC(C(=O)O)=C(OC)c1ccc(CC(O)CO)cc1.O=C(CC(=O)c1ccccc1)c1ccccc1. The molecule has 8 nitrogen and oxygen atoms in total. The number of carboxylic acid groups (broad SMARTS) is 1. The van der Waals surface area contributed by atoms with Crippen molar-refractivity contribution in [2.24, 2.45) is 0 Å². The molecule has 0 fully saturated rings. The van der Waals surface area contributed by atoms with Crippen LogP contribution < -0.4 is 0 Å². The van der Waals surface area contributed by atoms with Gasteiger partial charge < -0.3 is 24.8 Å². The van der Waals surface area contributed by atoms with Crippen LogP contribution in [0.2, 0.25) is 0 Å². The number of hydrogen-bond donors (Lipinski definition) is 3. The normalized spacial score (nSPS) is 11.8. The molecule has 0 saturated carbocycles. The van der Waals surface area contributed by atoms with Crippen LogP contribution in [0.5, 0.6) is 0 Å². The van der Waals surface area contributed by atoms with E-state index in [1.165, 1.54) is 14.2 Å². The Bertz CT molecular complexity index is 1140. The maximum absolute atomic E-state index is 11.8. The van der Waals surface area contributed by atoms with Gasteiger partial charge in [-0.05, 0) is 5.56 Å². The van der Waals surface area contributed by atoms with Gasteiger partial charge in [0.05, 0.1) is 33.4 Å². The Morgan fingerprint density at radius 3 is 1.59 bits per heavy atom. The molecule has 194 valence electrons. The van der Waals surface area contributed by atoms with Crippen LogP contribution in [0.3, 0.4) is 0 Å². The van der Waals surface area contributed by atoms with E-state index in [1.54, 1.807) is 72.8 Å². The number of carbonyl (C=O) groups excluding carboxylic acids is 2. The van der Waals surface area contributed by atoms with Crippen LogP contribution in [0.1, 0.15) is 38.3 Å². The molecule has 3 N–H and O–H groups in total. The van der Waals surface area contributed by atoms with Crippen molar-refractivity contribution < 1.29 is 39.2 Å². The highest BCUT2D eigenvalue weighted by molar-refractivity contribution is 6.13. The Hall–Kier alpha value is -4.27. The molecule has 0 amide bonds. The number of ether oxygens (including phenoxy) is 2. The van der Waals surface area contributed by atoms with Crippen molar-refractivity contribution in [1.82, 2.24) is 0 Å². The van der Waals surface area contributed by atoms with E-state index in [9.17, 15) is 19.5 Å². The number of aliphatic carboxylic acids is 1. The minimum atomic E-state index is -1.22. The van der Waals surface area contributed by atoms with E-state index in [4.69, 9.17) is 19.7 Å². The van der Waals surface area contributed by atoms with Crippen LogP contribution in [-0.4, -0.2) is 59.8 Å². The third kappa shape index (κ3) is 9.03. The molecule has 0 bridgehead atoms. The van der Waals surface area contributed by atoms with Gasteiger partial charge in [-0.15, -0.1) is 0 Å². The van der Waals surface area contributed by atoms with Crippen molar-refractivity contribution in [2.75, 3.05) is 20.8 Å². The Morgan fingerprint density at radius 1 is 0.730 bits per heavy atom. The third-order valence-electron chi connectivity index (χ3n) is 5.22. The Balaban J connectivity index is 0.000000263. The van der Waals surface area contributed by atoms with E-state index in [2.05, 4.69) is 0 Å². The quantitative estimate of drug-likeness (QED) is 0.155. The second-order valence-electron chi connectivity index (χ2n) is 7.86. The summed E-state index contributed by atoms with van der Waals surface area (Å²) in [4.78, 5) is 34.6. The number of Topliss-reactive ketones (excluding diaryl/α,β-unsaturated/α-hetero) is 2. The van der Waals surface area contributed by atoms with Gasteiger partial charge in [-0.2, -0.15) is 0 Å². The summed E-state index contributed by atoms with van der Waals surface area (Å²) < 4.78 is 9.89. The molecule has 3 aromatic rings. The summed E-state index contributed by atoms with van der Waals surface area (Å²) in [5.41, 5.74) is 2.53. The fraction of sp³-hybridized carbons (Fsp3) is 0.207. The number of rotatable bonds is 11. The average molecular weight is 507 g/mol. The molecule has 0 spiro atoms. The lowest BCUT2D eigenvalue weighted by atomic mass is 10.0. The Morgan fingerprint density at radius 2 is 1.22 bits per heavy atom. The van der Waals surface area contributed by atoms with Gasteiger partial charge in [-0.1, -0.05) is 84.9 Å². The first-order valence-electron chi connectivity index (χ1n) is 11.4. The average Bonchev–Trinajstić information content (AvgIpc) is 2.93. The first-order chi connectivity index (χ1) is 17.8. The standard InChI is InChI=1S/C15H12O2.C14H18O6/c16-14(12-7-3-1-4-8-12)11-15(17)13-9-5-2-6-10-13;1-19-12(13(20-2)14(17)18)10-5-3-9(4-6-10)7-11(16)8-15/h1-10H,11H2;3-6,11,15-16H,7-8H2,1-2H3,(H,17,18). The minimum Gasteiger partial charge on any atom is -0.492 e. The number of carboxylic acids is 1. The molecular weight excluding hydrogens is 476 g/mol. The molecule has 0 heterocycles. The second kappa shape index (κ2) is 15.0. The van der Waals surface area contributed by atoms with Crippen LogP contribution in [0.4, 0.5) is 0 Å². The van der Waals surface area contributed by atoms with Gasteiger partial charge in [0, 0.05) is 23.1 Å². The molecule has 0 aromatic heterocycles. The number of aliphatic hydroxyl groups is 2. The third-order valence-corrected chi connectivity index (χ3v) is 5.22. The minimum absolute atomic E-state index is 0.0754. The zero-order valence-corrected chi connectivity index (χ0v) is 20.7. The van der Waals surface area contributed by atoms with Crippen molar-refractivity contribution >= 4 is 23.3 Å². The van der Waals surface area contributed by atoms with Crippen LogP contribution in [0.15, 0.2) is 90.7 Å². The Kier molecular flexibility index (Phi) is 11.7. The van der Waals surface area contributed by atoms with Gasteiger partial charge in [0.2, 0.25) is 5.76 Å². The molecule has 0 aliphatic carbocycles. The molecule has 37 heavy (non-hydrogen) atoms. The van der Waals surface area contributed by atoms with Crippen LogP contribution in [0.25, 0.3) is 5.76 Å². The summed E-state index contributed by atoms with van der Waals surface area (Å²) in [6.45, 7) is -0.308. The van der Waals surface area contributed by atoms with E-state index in [0.29, 0.717) is 23.1 Å². The number of benzene rings is 3. The maximum Gasteiger partial charge on any atom is 0.375 e. The molecule has 0 aliphatic rings. The topological polar surface area (TPSA) is 130 Å². The van der Waals surface area contributed by atoms with E-state index in [-0.39, 0.29) is 36.1 Å². The molecule has 3 aromatic carbocycles. The molecule has 0 radical (unpaired) electrons. The van der Waals surface area contributed by atoms with Gasteiger partial charge in [-0.25, -0.2) is 4.79 Å². The van der Waals surface area contributed by atoms with Gasteiger partial charge in [0.15, 0.2) is 17.3 Å². The monoisotopic (exact) mass is 506 g/mol. The van der Waals surface area contributed by atoms with Crippen LogP contribution >= 0.6 is 0 Å². The van der Waals surface area contributed by atoms with Crippen molar-refractivity contribution in [2.45, 2.75) is 18.9 Å². The molecule has 0 aliphatic heterocycles. The summed E-state index contributed by atoms with van der Waals surface area (Å²) in [6.07, 6.45) is -0.570. The van der Waals surface area contributed by atoms with Gasteiger partial charge >= 0.3 is 5.97 Å². The number of aliphatic hydroxyl groups excluding tert-OH is 2. The number of hydrogen-bond acceptors (Lipinski definition) is 7. The molecular formula is C29H30O8. The predicted molar refractivity (Wildman–Crippen MR) is 138 cm³/mol. The van der Waals surface area contributed by atoms with Crippen molar-refractivity contribution in [3.63, 3.8) is 0 Å². The van der Waals surface area contributed by atoms with Gasteiger partial charge in [0.1, 0.15) is 0 Å². The molecule has 0 saturated heterocycles. The van der Waals surface area contributed by atoms with E-state index >= 15 is 0 Å². The lowest BCUT2D eigenvalue weighted by molar-refractivity contribution is -0.136. The lowest BCUT2D eigenvalue weighted by Crippen LogP contribution is -2.15. The summed E-state index contributed by atoms with van der Waals surface area (Å²) in [7, 11) is 2.62. The number of carbonyl (C=O) groups is 3.